The topological polar surface area (TPSA) is 46.5 Å². The number of ether oxygens (including phenoxy) is 1. The predicted molar refractivity (Wildman–Crippen MR) is 73.0 cm³/mol. The number of hydrogen-bond acceptors (Lipinski definition) is 2. The highest BCUT2D eigenvalue weighted by molar-refractivity contribution is 9.10. The van der Waals surface area contributed by atoms with Crippen LogP contribution in [0.3, 0.4) is 0 Å². The molecule has 3 nitrogen and oxygen atoms in total. The average molecular weight is 334 g/mol. The summed E-state index contributed by atoms with van der Waals surface area (Å²) in [5.74, 6) is -0.813. The zero-order chi connectivity index (χ0) is 13.3. The molecule has 5 heteroatoms. The second kappa shape index (κ2) is 5.19. The first kappa shape index (κ1) is 13.8. The van der Waals surface area contributed by atoms with Gasteiger partial charge in [-0.25, -0.2) is 0 Å². The fourth-order valence-corrected chi connectivity index (χ4v) is 3.11. The Kier molecular flexibility index (Phi) is 3.99. The first-order chi connectivity index (χ1) is 8.45. The van der Waals surface area contributed by atoms with E-state index in [1.165, 1.54) is 0 Å². The zero-order valence-corrected chi connectivity index (χ0v) is 12.3. The van der Waals surface area contributed by atoms with Crippen LogP contribution in [-0.4, -0.2) is 23.8 Å². The van der Waals surface area contributed by atoms with E-state index in [4.69, 9.17) is 16.3 Å². The highest BCUT2D eigenvalue weighted by atomic mass is 79.9. The molecule has 1 aromatic carbocycles. The summed E-state index contributed by atoms with van der Waals surface area (Å²) < 4.78 is 6.32. The van der Waals surface area contributed by atoms with E-state index in [0.717, 1.165) is 10.0 Å². The summed E-state index contributed by atoms with van der Waals surface area (Å²) in [7, 11) is 0. The number of aliphatic carboxylic acids is 1. The smallest absolute Gasteiger partial charge is 0.312 e. The van der Waals surface area contributed by atoms with Gasteiger partial charge in [-0.05, 0) is 37.5 Å². The summed E-state index contributed by atoms with van der Waals surface area (Å²) in [5, 5.41) is 10.1. The molecule has 0 spiro atoms. The molecule has 1 fully saturated rings. The molecule has 18 heavy (non-hydrogen) atoms. The second-order valence-electron chi connectivity index (χ2n) is 4.64. The number of carbonyl (C=O) groups is 1. The molecule has 1 aliphatic rings. The minimum absolute atomic E-state index is 0.297. The van der Waals surface area contributed by atoms with Crippen LogP contribution in [0.15, 0.2) is 22.7 Å². The highest BCUT2D eigenvalue weighted by Gasteiger charge is 2.48. The van der Waals surface area contributed by atoms with Crippen LogP contribution in [0.5, 0.6) is 0 Å². The van der Waals surface area contributed by atoms with Gasteiger partial charge in [0.25, 0.3) is 0 Å². The molecule has 2 atom stereocenters. The van der Waals surface area contributed by atoms with Crippen molar-refractivity contribution in [3.8, 4) is 0 Å². The van der Waals surface area contributed by atoms with E-state index >= 15 is 0 Å². The number of benzene rings is 1. The lowest BCUT2D eigenvalue weighted by Crippen LogP contribution is -2.39. The van der Waals surface area contributed by atoms with Crippen molar-refractivity contribution in [2.75, 3.05) is 6.61 Å². The Hall–Kier alpha value is -0.580. The fourth-order valence-electron chi connectivity index (χ4n) is 2.37. The molecule has 2 rings (SSSR count). The lowest BCUT2D eigenvalue weighted by molar-refractivity contribution is -0.151. The molecular weight excluding hydrogens is 319 g/mol. The molecule has 0 radical (unpaired) electrons. The van der Waals surface area contributed by atoms with Crippen molar-refractivity contribution in [2.24, 2.45) is 5.41 Å². The van der Waals surface area contributed by atoms with E-state index in [0.29, 0.717) is 24.5 Å². The first-order valence-corrected chi connectivity index (χ1v) is 6.92. The summed E-state index contributed by atoms with van der Waals surface area (Å²) in [4.78, 5) is 11.6. The summed E-state index contributed by atoms with van der Waals surface area (Å²) in [6.07, 6.45) is 0.626. The summed E-state index contributed by atoms with van der Waals surface area (Å²) in [6, 6.07) is 5.52. The maximum atomic E-state index is 11.6. The third-order valence-corrected chi connectivity index (χ3v) is 4.49. The van der Waals surface area contributed by atoms with E-state index in [1.54, 1.807) is 6.07 Å². The van der Waals surface area contributed by atoms with Crippen LogP contribution in [0, 0.1) is 5.41 Å². The molecule has 1 saturated heterocycles. The SMILES string of the molecule is CC1OCCC1(Cc1ccc(Br)cc1Cl)C(=O)O. The molecule has 2 unspecified atom stereocenters. The Morgan fingerprint density at radius 2 is 2.39 bits per heavy atom. The van der Waals surface area contributed by atoms with Crippen LogP contribution in [0.25, 0.3) is 0 Å². The Morgan fingerprint density at radius 1 is 1.67 bits per heavy atom. The molecule has 0 aliphatic carbocycles. The lowest BCUT2D eigenvalue weighted by atomic mass is 9.76. The van der Waals surface area contributed by atoms with Gasteiger partial charge in [0.05, 0.1) is 11.5 Å². The Morgan fingerprint density at radius 3 is 2.89 bits per heavy atom. The van der Waals surface area contributed by atoms with Crippen LogP contribution in [-0.2, 0) is 16.0 Å². The molecule has 0 amide bonds. The van der Waals surface area contributed by atoms with Crippen LogP contribution in [0.2, 0.25) is 5.02 Å². The predicted octanol–water partition coefficient (Wildman–Crippen LogP) is 3.52. The van der Waals surface area contributed by atoms with E-state index in [9.17, 15) is 9.90 Å². The number of halogens is 2. The van der Waals surface area contributed by atoms with Gasteiger partial charge in [-0.3, -0.25) is 4.79 Å². The number of carboxylic acids is 1. The van der Waals surface area contributed by atoms with Crippen molar-refractivity contribution in [2.45, 2.75) is 25.9 Å². The second-order valence-corrected chi connectivity index (χ2v) is 5.96. The lowest BCUT2D eigenvalue weighted by Gasteiger charge is -2.27. The van der Waals surface area contributed by atoms with Crippen molar-refractivity contribution in [1.29, 1.82) is 0 Å². The van der Waals surface area contributed by atoms with E-state index in [2.05, 4.69) is 15.9 Å². The third kappa shape index (κ3) is 2.42. The monoisotopic (exact) mass is 332 g/mol. The van der Waals surface area contributed by atoms with Crippen LogP contribution in [0.1, 0.15) is 18.9 Å². The third-order valence-electron chi connectivity index (χ3n) is 3.64. The van der Waals surface area contributed by atoms with Crippen LogP contribution < -0.4 is 0 Å². The maximum absolute atomic E-state index is 11.6. The molecule has 0 aromatic heterocycles. The van der Waals surface area contributed by atoms with Gasteiger partial charge in [-0.1, -0.05) is 33.6 Å². The molecule has 1 aromatic rings. The first-order valence-electron chi connectivity index (χ1n) is 5.74. The normalized spacial score (nSPS) is 27.4. The van der Waals surface area contributed by atoms with Crippen molar-refractivity contribution in [3.63, 3.8) is 0 Å². The van der Waals surface area contributed by atoms with Crippen molar-refractivity contribution >= 4 is 33.5 Å². The standard InChI is InChI=1S/C13H14BrClO3/c1-8-13(12(16)17,4-5-18-8)7-9-2-3-10(14)6-11(9)15/h2-3,6,8H,4-5,7H2,1H3,(H,16,17). The molecule has 1 heterocycles. The Labute approximate surface area is 119 Å². The minimum Gasteiger partial charge on any atom is -0.481 e. The van der Waals surface area contributed by atoms with Gasteiger partial charge in [-0.2, -0.15) is 0 Å². The zero-order valence-electron chi connectivity index (χ0n) is 9.95. The largest absolute Gasteiger partial charge is 0.481 e. The highest BCUT2D eigenvalue weighted by Crippen LogP contribution is 2.40. The van der Waals surface area contributed by atoms with Crippen LogP contribution in [0.4, 0.5) is 0 Å². The average Bonchev–Trinajstić information content (AvgIpc) is 2.65. The summed E-state index contributed by atoms with van der Waals surface area (Å²) in [6.45, 7) is 2.30. The molecule has 0 bridgehead atoms. The van der Waals surface area contributed by atoms with Gasteiger partial charge in [-0.15, -0.1) is 0 Å². The van der Waals surface area contributed by atoms with Crippen molar-refractivity contribution in [3.05, 3.63) is 33.3 Å². The van der Waals surface area contributed by atoms with Crippen molar-refractivity contribution < 1.29 is 14.6 Å². The molecule has 1 aliphatic heterocycles. The number of rotatable bonds is 3. The number of hydrogen-bond donors (Lipinski definition) is 1. The quantitative estimate of drug-likeness (QED) is 0.920. The molecule has 1 N–H and O–H groups in total. The fraction of sp³-hybridized carbons (Fsp3) is 0.462. The summed E-state index contributed by atoms with van der Waals surface area (Å²) in [5.41, 5.74) is -0.0168. The van der Waals surface area contributed by atoms with E-state index in [-0.39, 0.29) is 6.10 Å². The van der Waals surface area contributed by atoms with Gasteiger partial charge < -0.3 is 9.84 Å². The van der Waals surface area contributed by atoms with Crippen molar-refractivity contribution in [1.82, 2.24) is 0 Å². The van der Waals surface area contributed by atoms with Gasteiger partial charge in [0.2, 0.25) is 0 Å². The van der Waals surface area contributed by atoms with Gasteiger partial charge in [0.15, 0.2) is 0 Å². The van der Waals surface area contributed by atoms with Gasteiger partial charge >= 0.3 is 5.97 Å². The molecule has 0 saturated carbocycles. The van der Waals surface area contributed by atoms with Crippen LogP contribution >= 0.6 is 27.5 Å². The van der Waals surface area contributed by atoms with E-state index < -0.39 is 11.4 Å². The Bertz CT molecular complexity index is 477. The molecular formula is C13H14BrClO3. The molecule has 98 valence electrons. The Balaban J connectivity index is 2.32. The summed E-state index contributed by atoms with van der Waals surface area (Å²) >= 11 is 9.50. The maximum Gasteiger partial charge on any atom is 0.312 e. The minimum atomic E-state index is -0.864. The number of carboxylic acid groups (broad SMARTS) is 1. The van der Waals surface area contributed by atoms with Gasteiger partial charge in [0, 0.05) is 16.1 Å². The van der Waals surface area contributed by atoms with E-state index in [1.807, 2.05) is 19.1 Å². The van der Waals surface area contributed by atoms with Gasteiger partial charge in [0.1, 0.15) is 0 Å².